The number of ether oxygens (including phenoxy) is 2. The third kappa shape index (κ3) is 3.96. The van der Waals surface area contributed by atoms with Gasteiger partial charge in [0.05, 0.1) is 5.56 Å². The van der Waals surface area contributed by atoms with Crippen molar-refractivity contribution in [2.24, 2.45) is 0 Å². The standard InChI is InChI=1S/C20H20O8/c21-14(12-7-3-1-4-8-12)15(22)17-16(23)18(24)20(26,28-17)11-27-19(25)13-9-5-2-6-10-13/h1-10,15-18,22-24,26H,11H2/t15?,16-,17-,18+,20+/m1/s1. The fraction of sp³-hybridized carbons (Fsp3) is 0.300. The van der Waals surface area contributed by atoms with Gasteiger partial charge in [0.25, 0.3) is 0 Å². The maximum atomic E-state index is 12.4. The molecule has 0 amide bonds. The first kappa shape index (κ1) is 20.1. The van der Waals surface area contributed by atoms with Gasteiger partial charge in [0.15, 0.2) is 5.78 Å². The lowest BCUT2D eigenvalue weighted by Gasteiger charge is -2.25. The molecule has 3 rings (SSSR count). The van der Waals surface area contributed by atoms with Crippen molar-refractivity contribution in [3.05, 3.63) is 71.8 Å². The van der Waals surface area contributed by atoms with Crippen molar-refractivity contribution in [3.8, 4) is 0 Å². The van der Waals surface area contributed by atoms with Crippen LogP contribution in [0.25, 0.3) is 0 Å². The van der Waals surface area contributed by atoms with E-state index >= 15 is 0 Å². The average molecular weight is 388 g/mol. The zero-order chi connectivity index (χ0) is 20.3. The van der Waals surface area contributed by atoms with E-state index in [1.807, 2.05) is 0 Å². The highest BCUT2D eigenvalue weighted by atomic mass is 16.7. The van der Waals surface area contributed by atoms with Crippen molar-refractivity contribution in [2.75, 3.05) is 6.61 Å². The lowest BCUT2D eigenvalue weighted by atomic mass is 9.97. The molecule has 0 aliphatic carbocycles. The highest BCUT2D eigenvalue weighted by molar-refractivity contribution is 5.99. The second kappa shape index (κ2) is 8.17. The second-order valence-corrected chi connectivity index (χ2v) is 6.48. The SMILES string of the molecule is O=C(OC[C@]1(O)O[C@H](C(O)C(=O)c2ccccc2)[C@@H](O)[C@@H]1O)c1ccccc1. The molecule has 148 valence electrons. The zero-order valence-corrected chi connectivity index (χ0v) is 14.7. The first-order valence-corrected chi connectivity index (χ1v) is 8.59. The van der Waals surface area contributed by atoms with E-state index in [4.69, 9.17) is 9.47 Å². The van der Waals surface area contributed by atoms with Gasteiger partial charge >= 0.3 is 5.97 Å². The number of carbonyl (C=O) groups is 2. The van der Waals surface area contributed by atoms with Gasteiger partial charge in [-0.05, 0) is 12.1 Å². The zero-order valence-electron chi connectivity index (χ0n) is 14.7. The van der Waals surface area contributed by atoms with Crippen LogP contribution >= 0.6 is 0 Å². The van der Waals surface area contributed by atoms with Gasteiger partial charge in [0, 0.05) is 5.56 Å². The molecule has 0 spiro atoms. The summed E-state index contributed by atoms with van der Waals surface area (Å²) in [4.78, 5) is 24.4. The molecule has 1 saturated heterocycles. The minimum Gasteiger partial charge on any atom is -0.456 e. The molecule has 5 atom stereocenters. The van der Waals surface area contributed by atoms with Crippen LogP contribution in [0.4, 0.5) is 0 Å². The van der Waals surface area contributed by atoms with Crippen LogP contribution in [0.2, 0.25) is 0 Å². The van der Waals surface area contributed by atoms with Gasteiger partial charge in [0.2, 0.25) is 5.79 Å². The molecule has 0 aromatic heterocycles. The number of Topliss-reactive ketones (excluding diaryl/α,β-unsaturated/α-hetero) is 1. The fourth-order valence-corrected chi connectivity index (χ4v) is 2.94. The molecule has 1 aliphatic rings. The van der Waals surface area contributed by atoms with Gasteiger partial charge in [-0.1, -0.05) is 48.5 Å². The molecule has 1 fully saturated rings. The molecular formula is C20H20O8. The molecule has 28 heavy (non-hydrogen) atoms. The summed E-state index contributed by atoms with van der Waals surface area (Å²) in [5, 5.41) is 41.0. The molecular weight excluding hydrogens is 368 g/mol. The Morgan fingerprint density at radius 3 is 2.11 bits per heavy atom. The Hall–Kier alpha value is -2.62. The number of hydrogen-bond acceptors (Lipinski definition) is 8. The van der Waals surface area contributed by atoms with E-state index in [-0.39, 0.29) is 11.1 Å². The third-order valence-electron chi connectivity index (χ3n) is 4.52. The minimum atomic E-state index is -2.48. The smallest absolute Gasteiger partial charge is 0.338 e. The molecule has 2 aromatic carbocycles. The van der Waals surface area contributed by atoms with Crippen LogP contribution in [0.15, 0.2) is 60.7 Å². The maximum absolute atomic E-state index is 12.4. The molecule has 0 saturated carbocycles. The van der Waals surface area contributed by atoms with Crippen LogP contribution in [0.1, 0.15) is 20.7 Å². The highest BCUT2D eigenvalue weighted by Crippen LogP contribution is 2.32. The van der Waals surface area contributed by atoms with Crippen LogP contribution in [-0.2, 0) is 9.47 Å². The van der Waals surface area contributed by atoms with Crippen LogP contribution in [0, 0.1) is 0 Å². The van der Waals surface area contributed by atoms with E-state index in [1.165, 1.54) is 24.3 Å². The minimum absolute atomic E-state index is 0.172. The molecule has 0 bridgehead atoms. The Morgan fingerprint density at radius 2 is 1.54 bits per heavy atom. The van der Waals surface area contributed by atoms with E-state index in [0.717, 1.165) is 0 Å². The van der Waals surface area contributed by atoms with Crippen molar-refractivity contribution >= 4 is 11.8 Å². The third-order valence-corrected chi connectivity index (χ3v) is 4.52. The topological polar surface area (TPSA) is 134 Å². The second-order valence-electron chi connectivity index (χ2n) is 6.48. The molecule has 8 heteroatoms. The number of benzene rings is 2. The number of aliphatic hydroxyl groups is 4. The van der Waals surface area contributed by atoms with E-state index < -0.39 is 48.6 Å². The molecule has 1 heterocycles. The summed E-state index contributed by atoms with van der Waals surface area (Å²) in [5.41, 5.74) is 0.390. The summed E-state index contributed by atoms with van der Waals surface area (Å²) >= 11 is 0. The van der Waals surface area contributed by atoms with Gasteiger partial charge in [-0.2, -0.15) is 0 Å². The summed E-state index contributed by atoms with van der Waals surface area (Å²) in [7, 11) is 0. The number of aliphatic hydroxyl groups excluding tert-OH is 3. The average Bonchev–Trinajstić information content (AvgIpc) is 2.97. The highest BCUT2D eigenvalue weighted by Gasteiger charge is 2.57. The van der Waals surface area contributed by atoms with Crippen molar-refractivity contribution in [3.63, 3.8) is 0 Å². The van der Waals surface area contributed by atoms with Gasteiger partial charge in [-0.3, -0.25) is 4.79 Å². The predicted octanol–water partition coefficient (Wildman–Crippen LogP) is -0.104. The molecule has 4 N–H and O–H groups in total. The maximum Gasteiger partial charge on any atom is 0.338 e. The van der Waals surface area contributed by atoms with Gasteiger partial charge < -0.3 is 29.9 Å². The lowest BCUT2D eigenvalue weighted by Crippen LogP contribution is -2.47. The Labute approximate surface area is 160 Å². The number of rotatable bonds is 6. The monoisotopic (exact) mass is 388 g/mol. The van der Waals surface area contributed by atoms with Gasteiger partial charge in [-0.15, -0.1) is 0 Å². The van der Waals surface area contributed by atoms with Crippen LogP contribution in [0.3, 0.4) is 0 Å². The fourth-order valence-electron chi connectivity index (χ4n) is 2.94. The Bertz CT molecular complexity index is 825. The first-order valence-electron chi connectivity index (χ1n) is 8.59. The van der Waals surface area contributed by atoms with Crippen LogP contribution < -0.4 is 0 Å². The number of esters is 1. The van der Waals surface area contributed by atoms with E-state index in [0.29, 0.717) is 0 Å². The Morgan fingerprint density at radius 1 is 1.00 bits per heavy atom. The predicted molar refractivity (Wildman–Crippen MR) is 95.3 cm³/mol. The number of ketones is 1. The molecule has 8 nitrogen and oxygen atoms in total. The summed E-state index contributed by atoms with van der Waals surface area (Å²) in [6.45, 7) is -0.804. The summed E-state index contributed by atoms with van der Waals surface area (Å²) in [5.74, 6) is -4.00. The van der Waals surface area contributed by atoms with Crippen molar-refractivity contribution < 1.29 is 39.5 Å². The van der Waals surface area contributed by atoms with Crippen LogP contribution in [-0.4, -0.2) is 69.0 Å². The number of hydrogen-bond donors (Lipinski definition) is 4. The largest absolute Gasteiger partial charge is 0.456 e. The van der Waals surface area contributed by atoms with Crippen LogP contribution in [0.5, 0.6) is 0 Å². The summed E-state index contributed by atoms with van der Waals surface area (Å²) < 4.78 is 10.1. The van der Waals surface area contributed by atoms with E-state index in [9.17, 15) is 30.0 Å². The quantitative estimate of drug-likeness (QED) is 0.398. The Kier molecular flexibility index (Phi) is 5.87. The van der Waals surface area contributed by atoms with Gasteiger partial charge in [0.1, 0.15) is 31.0 Å². The molecule has 1 unspecified atom stereocenters. The van der Waals surface area contributed by atoms with Crippen molar-refractivity contribution in [1.29, 1.82) is 0 Å². The van der Waals surface area contributed by atoms with Crippen molar-refractivity contribution in [2.45, 2.75) is 30.2 Å². The molecule has 0 radical (unpaired) electrons. The summed E-state index contributed by atoms with van der Waals surface area (Å²) in [6, 6.07) is 15.8. The first-order chi connectivity index (χ1) is 13.3. The van der Waals surface area contributed by atoms with Crippen molar-refractivity contribution in [1.82, 2.24) is 0 Å². The number of carbonyl (C=O) groups excluding carboxylic acids is 2. The van der Waals surface area contributed by atoms with Gasteiger partial charge in [-0.25, -0.2) is 4.79 Å². The van der Waals surface area contributed by atoms with E-state index in [1.54, 1.807) is 36.4 Å². The molecule has 1 aliphatic heterocycles. The molecule has 2 aromatic rings. The summed E-state index contributed by atoms with van der Waals surface area (Å²) in [6.07, 6.45) is -7.13. The Balaban J connectivity index is 1.68. The van der Waals surface area contributed by atoms with E-state index in [2.05, 4.69) is 0 Å². The normalized spacial score (nSPS) is 27.9. The lowest BCUT2D eigenvalue weighted by molar-refractivity contribution is -0.250.